The molecule has 0 spiro atoms. The lowest BCUT2D eigenvalue weighted by molar-refractivity contribution is -0.134. The molecule has 1 aliphatic rings. The van der Waals surface area contributed by atoms with Gasteiger partial charge >= 0.3 is 0 Å². The zero-order valence-corrected chi connectivity index (χ0v) is 14.7. The summed E-state index contributed by atoms with van der Waals surface area (Å²) in [4.78, 5) is 26.5. The minimum atomic E-state index is -0.627. The predicted octanol–water partition coefficient (Wildman–Crippen LogP) is 2.32. The van der Waals surface area contributed by atoms with E-state index < -0.39 is 11.9 Å². The SMILES string of the molecule is CC(NC(=O)c1cccc(Cl)c1Cl)C(=O)N(C)C1CCNCC1. The third kappa shape index (κ3) is 4.37. The lowest BCUT2D eigenvalue weighted by Gasteiger charge is -2.33. The van der Waals surface area contributed by atoms with Gasteiger partial charge in [0.1, 0.15) is 6.04 Å². The Labute approximate surface area is 146 Å². The largest absolute Gasteiger partial charge is 0.341 e. The molecule has 2 amide bonds. The first kappa shape index (κ1) is 18.0. The topological polar surface area (TPSA) is 61.4 Å². The molecule has 1 aromatic carbocycles. The summed E-state index contributed by atoms with van der Waals surface area (Å²) in [6, 6.07) is 4.42. The number of nitrogens with zero attached hydrogens (tertiary/aromatic N) is 1. The van der Waals surface area contributed by atoms with Crippen LogP contribution in [0.25, 0.3) is 0 Å². The lowest BCUT2D eigenvalue weighted by atomic mass is 10.0. The molecule has 1 atom stereocenters. The van der Waals surface area contributed by atoms with Crippen LogP contribution >= 0.6 is 23.2 Å². The van der Waals surface area contributed by atoms with Crippen molar-refractivity contribution < 1.29 is 9.59 Å². The highest BCUT2D eigenvalue weighted by atomic mass is 35.5. The summed E-state index contributed by atoms with van der Waals surface area (Å²) < 4.78 is 0. The fourth-order valence-electron chi connectivity index (χ4n) is 2.69. The van der Waals surface area contributed by atoms with Crippen LogP contribution < -0.4 is 10.6 Å². The molecule has 1 heterocycles. The second kappa shape index (κ2) is 7.99. The Balaban J connectivity index is 1.99. The fourth-order valence-corrected chi connectivity index (χ4v) is 3.08. The highest BCUT2D eigenvalue weighted by Crippen LogP contribution is 2.25. The Hall–Kier alpha value is -1.30. The molecular formula is C16H21Cl2N3O2. The maximum atomic E-state index is 12.5. The Bertz CT molecular complexity index is 589. The molecule has 1 aromatic rings. The standard InChI is InChI=1S/C16H21Cl2N3O2/c1-10(16(23)21(2)11-6-8-19-9-7-11)20-15(22)12-4-3-5-13(17)14(12)18/h3-5,10-11,19H,6-9H2,1-2H3,(H,20,22). The van der Waals surface area contributed by atoms with Crippen molar-refractivity contribution >= 4 is 35.0 Å². The number of nitrogens with one attached hydrogen (secondary N) is 2. The van der Waals surface area contributed by atoms with Crippen molar-refractivity contribution in [1.29, 1.82) is 0 Å². The molecule has 1 unspecified atom stereocenters. The summed E-state index contributed by atoms with van der Waals surface area (Å²) in [5.74, 6) is -0.513. The van der Waals surface area contributed by atoms with E-state index in [0.29, 0.717) is 5.02 Å². The van der Waals surface area contributed by atoms with Crippen LogP contribution in [0.1, 0.15) is 30.1 Å². The highest BCUT2D eigenvalue weighted by molar-refractivity contribution is 6.43. The van der Waals surface area contributed by atoms with E-state index in [1.807, 2.05) is 0 Å². The van der Waals surface area contributed by atoms with Crippen LogP contribution in [0.4, 0.5) is 0 Å². The monoisotopic (exact) mass is 357 g/mol. The normalized spacial score (nSPS) is 16.7. The minimum absolute atomic E-state index is 0.108. The number of likely N-dealkylation sites (N-methyl/N-ethyl adjacent to an activating group) is 1. The van der Waals surface area contributed by atoms with Crippen LogP contribution in [0.15, 0.2) is 18.2 Å². The zero-order valence-electron chi connectivity index (χ0n) is 13.2. The number of rotatable bonds is 4. The molecule has 126 valence electrons. The van der Waals surface area contributed by atoms with Crippen LogP contribution in [-0.4, -0.2) is 48.9 Å². The van der Waals surface area contributed by atoms with Crippen molar-refractivity contribution in [1.82, 2.24) is 15.5 Å². The molecule has 0 aromatic heterocycles. The first-order valence-corrected chi connectivity index (χ1v) is 8.39. The highest BCUT2D eigenvalue weighted by Gasteiger charge is 2.27. The number of piperidine rings is 1. The van der Waals surface area contributed by atoms with Crippen LogP contribution in [0, 0.1) is 0 Å². The van der Waals surface area contributed by atoms with Gasteiger partial charge in [0, 0.05) is 13.1 Å². The van der Waals surface area contributed by atoms with Gasteiger partial charge in [-0.15, -0.1) is 0 Å². The van der Waals surface area contributed by atoms with Gasteiger partial charge in [-0.05, 0) is 45.0 Å². The molecule has 7 heteroatoms. The molecule has 0 radical (unpaired) electrons. The van der Waals surface area contributed by atoms with Gasteiger partial charge < -0.3 is 15.5 Å². The van der Waals surface area contributed by atoms with Crippen LogP contribution in [0.5, 0.6) is 0 Å². The van der Waals surface area contributed by atoms with E-state index in [0.717, 1.165) is 25.9 Å². The van der Waals surface area contributed by atoms with E-state index in [4.69, 9.17) is 23.2 Å². The van der Waals surface area contributed by atoms with E-state index in [1.54, 1.807) is 37.1 Å². The smallest absolute Gasteiger partial charge is 0.253 e. The van der Waals surface area contributed by atoms with Crippen molar-refractivity contribution in [3.8, 4) is 0 Å². The van der Waals surface area contributed by atoms with Gasteiger partial charge in [0.15, 0.2) is 0 Å². The minimum Gasteiger partial charge on any atom is -0.341 e. The van der Waals surface area contributed by atoms with Gasteiger partial charge in [-0.2, -0.15) is 0 Å². The van der Waals surface area contributed by atoms with Crippen molar-refractivity contribution in [3.05, 3.63) is 33.8 Å². The summed E-state index contributed by atoms with van der Waals surface area (Å²) >= 11 is 12.0. The fraction of sp³-hybridized carbons (Fsp3) is 0.500. The average molecular weight is 358 g/mol. The summed E-state index contributed by atoms with van der Waals surface area (Å²) in [6.45, 7) is 3.48. The molecule has 1 saturated heterocycles. The summed E-state index contributed by atoms with van der Waals surface area (Å²) in [6.07, 6.45) is 1.84. The zero-order chi connectivity index (χ0) is 17.0. The average Bonchev–Trinajstić information content (AvgIpc) is 2.56. The van der Waals surface area contributed by atoms with Gasteiger partial charge in [-0.3, -0.25) is 9.59 Å². The number of amides is 2. The Morgan fingerprint density at radius 1 is 1.30 bits per heavy atom. The Morgan fingerprint density at radius 2 is 1.96 bits per heavy atom. The molecule has 1 fully saturated rings. The number of hydrogen-bond acceptors (Lipinski definition) is 3. The number of carbonyl (C=O) groups excluding carboxylic acids is 2. The van der Waals surface area contributed by atoms with Crippen molar-refractivity contribution in [2.45, 2.75) is 31.8 Å². The Morgan fingerprint density at radius 3 is 2.61 bits per heavy atom. The number of carbonyl (C=O) groups is 2. The molecule has 1 aliphatic heterocycles. The summed E-state index contributed by atoms with van der Waals surface area (Å²) in [7, 11) is 1.79. The van der Waals surface area contributed by atoms with Crippen LogP contribution in [0.2, 0.25) is 10.0 Å². The summed E-state index contributed by atoms with van der Waals surface area (Å²) in [5, 5.41) is 6.47. The van der Waals surface area contributed by atoms with Gasteiger partial charge in [0.25, 0.3) is 5.91 Å². The second-order valence-corrected chi connectivity index (χ2v) is 6.51. The first-order valence-electron chi connectivity index (χ1n) is 7.64. The van der Waals surface area contributed by atoms with E-state index >= 15 is 0 Å². The van der Waals surface area contributed by atoms with Crippen LogP contribution in [-0.2, 0) is 4.79 Å². The van der Waals surface area contributed by atoms with Crippen LogP contribution in [0.3, 0.4) is 0 Å². The number of hydrogen-bond donors (Lipinski definition) is 2. The molecule has 0 saturated carbocycles. The van der Waals surface area contributed by atoms with E-state index in [1.165, 1.54) is 0 Å². The van der Waals surface area contributed by atoms with Gasteiger partial charge in [0.05, 0.1) is 15.6 Å². The third-order valence-corrected chi connectivity index (χ3v) is 4.94. The van der Waals surface area contributed by atoms with E-state index in [-0.39, 0.29) is 22.5 Å². The van der Waals surface area contributed by atoms with Crippen molar-refractivity contribution in [2.24, 2.45) is 0 Å². The first-order chi connectivity index (χ1) is 10.9. The van der Waals surface area contributed by atoms with E-state index in [2.05, 4.69) is 10.6 Å². The second-order valence-electron chi connectivity index (χ2n) is 5.73. The van der Waals surface area contributed by atoms with Crippen molar-refractivity contribution in [2.75, 3.05) is 20.1 Å². The van der Waals surface area contributed by atoms with Crippen molar-refractivity contribution in [3.63, 3.8) is 0 Å². The van der Waals surface area contributed by atoms with Gasteiger partial charge in [0.2, 0.25) is 5.91 Å². The number of halogens is 2. The number of benzene rings is 1. The molecule has 2 rings (SSSR count). The lowest BCUT2D eigenvalue weighted by Crippen LogP contribution is -2.51. The molecule has 23 heavy (non-hydrogen) atoms. The third-order valence-electron chi connectivity index (χ3n) is 4.12. The maximum Gasteiger partial charge on any atom is 0.253 e. The molecular weight excluding hydrogens is 337 g/mol. The molecule has 0 aliphatic carbocycles. The summed E-state index contributed by atoms with van der Waals surface area (Å²) in [5.41, 5.74) is 0.267. The van der Waals surface area contributed by atoms with Gasteiger partial charge in [-0.1, -0.05) is 29.3 Å². The quantitative estimate of drug-likeness (QED) is 0.869. The predicted molar refractivity (Wildman–Crippen MR) is 92.1 cm³/mol. The van der Waals surface area contributed by atoms with E-state index in [9.17, 15) is 9.59 Å². The van der Waals surface area contributed by atoms with Gasteiger partial charge in [-0.25, -0.2) is 0 Å². The Kier molecular flexibility index (Phi) is 6.27. The molecule has 0 bridgehead atoms. The molecule has 2 N–H and O–H groups in total. The maximum absolute atomic E-state index is 12.5. The molecule has 5 nitrogen and oxygen atoms in total.